The van der Waals surface area contributed by atoms with Gasteiger partial charge in [-0.25, -0.2) is 4.68 Å². The third-order valence-electron chi connectivity index (χ3n) is 2.55. The van der Waals surface area contributed by atoms with Crippen molar-refractivity contribution in [2.75, 3.05) is 0 Å². The SMILES string of the molecule is C=Cn1cc(CCC2(O)CC2)cn1. The lowest BCUT2D eigenvalue weighted by Crippen LogP contribution is -2.07. The smallest absolute Gasteiger partial charge is 0.0653 e. The quantitative estimate of drug-likeness (QED) is 0.757. The number of nitrogens with zero attached hydrogens (tertiary/aromatic N) is 2. The Balaban J connectivity index is 1.90. The van der Waals surface area contributed by atoms with Crippen LogP contribution in [0.5, 0.6) is 0 Å². The molecule has 13 heavy (non-hydrogen) atoms. The van der Waals surface area contributed by atoms with Gasteiger partial charge in [-0.1, -0.05) is 6.58 Å². The second kappa shape index (κ2) is 3.00. The van der Waals surface area contributed by atoms with Crippen molar-refractivity contribution in [1.29, 1.82) is 0 Å². The fourth-order valence-electron chi connectivity index (χ4n) is 1.38. The predicted molar refractivity (Wildman–Crippen MR) is 51.1 cm³/mol. The number of hydrogen-bond donors (Lipinski definition) is 1. The number of aliphatic hydroxyl groups is 1. The summed E-state index contributed by atoms with van der Waals surface area (Å²) in [5.41, 5.74) is 0.816. The fraction of sp³-hybridized carbons (Fsp3) is 0.500. The normalized spacial score (nSPS) is 18.5. The Hall–Kier alpha value is -1.09. The summed E-state index contributed by atoms with van der Waals surface area (Å²) in [6, 6.07) is 0. The van der Waals surface area contributed by atoms with Crippen molar-refractivity contribution >= 4 is 6.20 Å². The van der Waals surface area contributed by atoms with Crippen LogP contribution in [0.4, 0.5) is 0 Å². The predicted octanol–water partition coefficient (Wildman–Crippen LogP) is 1.44. The lowest BCUT2D eigenvalue weighted by atomic mass is 10.1. The van der Waals surface area contributed by atoms with Crippen molar-refractivity contribution in [3.8, 4) is 0 Å². The lowest BCUT2D eigenvalue weighted by molar-refractivity contribution is 0.140. The van der Waals surface area contributed by atoms with Crippen LogP contribution in [-0.2, 0) is 6.42 Å². The molecule has 0 radical (unpaired) electrons. The molecule has 1 fully saturated rings. The summed E-state index contributed by atoms with van der Waals surface area (Å²) < 4.78 is 1.69. The summed E-state index contributed by atoms with van der Waals surface area (Å²) >= 11 is 0. The molecule has 1 saturated carbocycles. The molecule has 0 aromatic carbocycles. The highest BCUT2D eigenvalue weighted by molar-refractivity contribution is 5.18. The highest BCUT2D eigenvalue weighted by Crippen LogP contribution is 2.39. The van der Waals surface area contributed by atoms with Gasteiger partial charge in [0.15, 0.2) is 0 Å². The molecule has 1 N–H and O–H groups in total. The molecule has 1 aliphatic carbocycles. The van der Waals surface area contributed by atoms with E-state index in [4.69, 9.17) is 0 Å². The first-order chi connectivity index (χ1) is 6.22. The molecule has 70 valence electrons. The molecular weight excluding hydrogens is 164 g/mol. The van der Waals surface area contributed by atoms with Crippen LogP contribution in [0.25, 0.3) is 6.20 Å². The van der Waals surface area contributed by atoms with Crippen molar-refractivity contribution in [3.05, 3.63) is 24.5 Å². The first-order valence-corrected chi connectivity index (χ1v) is 4.60. The minimum absolute atomic E-state index is 0.351. The van der Waals surface area contributed by atoms with E-state index in [1.165, 1.54) is 5.56 Å². The van der Waals surface area contributed by atoms with Crippen molar-refractivity contribution in [3.63, 3.8) is 0 Å². The first kappa shape index (κ1) is 8.51. The second-order valence-electron chi connectivity index (χ2n) is 3.74. The molecule has 1 aliphatic rings. The number of rotatable bonds is 4. The van der Waals surface area contributed by atoms with Gasteiger partial charge in [0.2, 0.25) is 0 Å². The zero-order valence-corrected chi connectivity index (χ0v) is 7.61. The molecule has 0 bridgehead atoms. The van der Waals surface area contributed by atoms with Crippen molar-refractivity contribution in [2.24, 2.45) is 0 Å². The Morgan fingerprint density at radius 1 is 1.69 bits per heavy atom. The molecule has 0 saturated heterocycles. The Bertz CT molecular complexity index is 312. The lowest BCUT2D eigenvalue weighted by Gasteiger charge is -2.04. The molecule has 2 rings (SSSR count). The maximum absolute atomic E-state index is 9.61. The van der Waals surface area contributed by atoms with Gasteiger partial charge in [0.25, 0.3) is 0 Å². The average molecular weight is 178 g/mol. The summed E-state index contributed by atoms with van der Waals surface area (Å²) in [6.45, 7) is 3.62. The van der Waals surface area contributed by atoms with E-state index in [2.05, 4.69) is 11.7 Å². The van der Waals surface area contributed by atoms with E-state index in [-0.39, 0.29) is 5.60 Å². The van der Waals surface area contributed by atoms with Crippen LogP contribution in [0.15, 0.2) is 19.0 Å². The fourth-order valence-corrected chi connectivity index (χ4v) is 1.38. The number of aryl methyl sites for hydroxylation is 1. The molecule has 1 aromatic rings. The Morgan fingerprint density at radius 3 is 3.00 bits per heavy atom. The van der Waals surface area contributed by atoms with Gasteiger partial charge in [-0.3, -0.25) is 0 Å². The van der Waals surface area contributed by atoms with E-state index in [1.54, 1.807) is 10.9 Å². The van der Waals surface area contributed by atoms with Gasteiger partial charge < -0.3 is 5.11 Å². The highest BCUT2D eigenvalue weighted by Gasteiger charge is 2.39. The molecule has 3 heteroatoms. The molecular formula is C10H14N2O. The Labute approximate surface area is 77.7 Å². The number of hydrogen-bond acceptors (Lipinski definition) is 2. The van der Waals surface area contributed by atoms with Gasteiger partial charge in [0.05, 0.1) is 11.8 Å². The van der Waals surface area contributed by atoms with E-state index in [0.29, 0.717) is 0 Å². The minimum Gasteiger partial charge on any atom is -0.390 e. The summed E-state index contributed by atoms with van der Waals surface area (Å²) in [4.78, 5) is 0. The molecule has 0 aliphatic heterocycles. The van der Waals surface area contributed by atoms with E-state index in [0.717, 1.165) is 25.7 Å². The maximum atomic E-state index is 9.61. The second-order valence-corrected chi connectivity index (χ2v) is 3.74. The van der Waals surface area contributed by atoms with Crippen LogP contribution in [-0.4, -0.2) is 20.5 Å². The van der Waals surface area contributed by atoms with Gasteiger partial charge in [0.1, 0.15) is 0 Å². The van der Waals surface area contributed by atoms with Crippen LogP contribution in [0.1, 0.15) is 24.8 Å². The summed E-state index contributed by atoms with van der Waals surface area (Å²) in [6.07, 6.45) is 9.12. The highest BCUT2D eigenvalue weighted by atomic mass is 16.3. The van der Waals surface area contributed by atoms with Crippen LogP contribution in [0, 0.1) is 0 Å². The largest absolute Gasteiger partial charge is 0.390 e. The van der Waals surface area contributed by atoms with Gasteiger partial charge >= 0.3 is 0 Å². The third-order valence-corrected chi connectivity index (χ3v) is 2.55. The molecule has 0 atom stereocenters. The van der Waals surface area contributed by atoms with Gasteiger partial charge in [-0.2, -0.15) is 5.10 Å². The topological polar surface area (TPSA) is 38.0 Å². The van der Waals surface area contributed by atoms with Crippen LogP contribution >= 0.6 is 0 Å². The standard InChI is InChI=1S/C10H14N2O/c1-2-12-8-9(7-11-12)3-4-10(13)5-6-10/h2,7-8,13H,1,3-6H2. The van der Waals surface area contributed by atoms with Gasteiger partial charge in [-0.05, 0) is 31.2 Å². The molecule has 1 heterocycles. The molecule has 0 unspecified atom stereocenters. The molecule has 0 spiro atoms. The monoisotopic (exact) mass is 178 g/mol. The van der Waals surface area contributed by atoms with Gasteiger partial charge in [0, 0.05) is 12.4 Å². The van der Waals surface area contributed by atoms with E-state index in [9.17, 15) is 5.11 Å². The zero-order valence-electron chi connectivity index (χ0n) is 7.61. The minimum atomic E-state index is -0.351. The van der Waals surface area contributed by atoms with E-state index in [1.807, 2.05) is 12.4 Å². The summed E-state index contributed by atoms with van der Waals surface area (Å²) in [7, 11) is 0. The molecule has 0 amide bonds. The van der Waals surface area contributed by atoms with E-state index < -0.39 is 0 Å². The van der Waals surface area contributed by atoms with Crippen molar-refractivity contribution in [2.45, 2.75) is 31.3 Å². The summed E-state index contributed by atoms with van der Waals surface area (Å²) in [5, 5.41) is 13.7. The summed E-state index contributed by atoms with van der Waals surface area (Å²) in [5.74, 6) is 0. The Morgan fingerprint density at radius 2 is 2.46 bits per heavy atom. The van der Waals surface area contributed by atoms with Gasteiger partial charge in [-0.15, -0.1) is 0 Å². The third kappa shape index (κ3) is 1.98. The van der Waals surface area contributed by atoms with Crippen LogP contribution < -0.4 is 0 Å². The molecule has 1 aromatic heterocycles. The maximum Gasteiger partial charge on any atom is 0.0653 e. The van der Waals surface area contributed by atoms with Crippen LogP contribution in [0.2, 0.25) is 0 Å². The first-order valence-electron chi connectivity index (χ1n) is 4.60. The molecule has 3 nitrogen and oxygen atoms in total. The van der Waals surface area contributed by atoms with E-state index >= 15 is 0 Å². The number of aromatic nitrogens is 2. The van der Waals surface area contributed by atoms with Crippen molar-refractivity contribution in [1.82, 2.24) is 9.78 Å². The Kier molecular flexibility index (Phi) is 1.96. The van der Waals surface area contributed by atoms with Crippen molar-refractivity contribution < 1.29 is 5.11 Å². The average Bonchev–Trinajstić information content (AvgIpc) is 2.69. The zero-order chi connectivity index (χ0) is 9.31. The van der Waals surface area contributed by atoms with Crippen LogP contribution in [0.3, 0.4) is 0 Å².